The van der Waals surface area contributed by atoms with Gasteiger partial charge in [0.1, 0.15) is 11.2 Å². The maximum atomic E-state index is 11.8. The summed E-state index contributed by atoms with van der Waals surface area (Å²) in [4.78, 5) is 11.8. The van der Waals surface area contributed by atoms with E-state index in [0.29, 0.717) is 21.8 Å². The molecule has 0 unspecified atom stereocenters. The number of hydrogen-bond acceptors (Lipinski definition) is 3. The van der Waals surface area contributed by atoms with Crippen molar-refractivity contribution in [3.05, 3.63) is 47.0 Å². The average Bonchev–Trinajstić information content (AvgIpc) is 2.75. The molecule has 0 amide bonds. The summed E-state index contributed by atoms with van der Waals surface area (Å²) in [5, 5.41) is 2.16. The summed E-state index contributed by atoms with van der Waals surface area (Å²) in [5.41, 5.74) is 1.83. The van der Waals surface area contributed by atoms with Crippen molar-refractivity contribution < 1.29 is 13.9 Å². The predicted molar refractivity (Wildman–Crippen MR) is 70.1 cm³/mol. The SMILES string of the molecule is COC(=O)c1cccc2oc3ccc(Cl)cc3c12. The molecule has 0 aliphatic heterocycles. The Hall–Kier alpha value is -2.00. The minimum Gasteiger partial charge on any atom is -0.465 e. The first-order chi connectivity index (χ1) is 8.70. The summed E-state index contributed by atoms with van der Waals surface area (Å²) in [6, 6.07) is 10.6. The molecular formula is C14H9ClO3. The van der Waals surface area contributed by atoms with Crippen molar-refractivity contribution in [1.82, 2.24) is 0 Å². The largest absolute Gasteiger partial charge is 0.465 e. The fourth-order valence-corrected chi connectivity index (χ4v) is 2.25. The van der Waals surface area contributed by atoms with Crippen LogP contribution < -0.4 is 0 Å². The van der Waals surface area contributed by atoms with Gasteiger partial charge in [-0.2, -0.15) is 0 Å². The molecule has 18 heavy (non-hydrogen) atoms. The van der Waals surface area contributed by atoms with Crippen LogP contribution in [-0.2, 0) is 4.74 Å². The van der Waals surface area contributed by atoms with Gasteiger partial charge in [-0.15, -0.1) is 0 Å². The fraction of sp³-hybridized carbons (Fsp3) is 0.0714. The molecule has 90 valence electrons. The number of carbonyl (C=O) groups excluding carboxylic acids is 1. The highest BCUT2D eigenvalue weighted by Crippen LogP contribution is 2.33. The lowest BCUT2D eigenvalue weighted by Gasteiger charge is -2.00. The number of halogens is 1. The third-order valence-corrected chi connectivity index (χ3v) is 3.10. The van der Waals surface area contributed by atoms with Crippen molar-refractivity contribution in [2.75, 3.05) is 7.11 Å². The van der Waals surface area contributed by atoms with E-state index >= 15 is 0 Å². The van der Waals surface area contributed by atoms with E-state index in [9.17, 15) is 4.79 Å². The molecule has 1 heterocycles. The van der Waals surface area contributed by atoms with Gasteiger partial charge in [-0.1, -0.05) is 17.7 Å². The smallest absolute Gasteiger partial charge is 0.338 e. The minimum atomic E-state index is -0.386. The standard InChI is InChI=1S/C14H9ClO3/c1-17-14(16)9-3-2-4-12-13(9)10-7-8(15)5-6-11(10)18-12/h2-7H,1H3. The summed E-state index contributed by atoms with van der Waals surface area (Å²) in [6.45, 7) is 0. The Morgan fingerprint density at radius 1 is 1.22 bits per heavy atom. The molecule has 0 radical (unpaired) electrons. The van der Waals surface area contributed by atoms with Gasteiger partial charge in [0.15, 0.2) is 0 Å². The second-order valence-electron chi connectivity index (χ2n) is 3.91. The number of carbonyl (C=O) groups is 1. The van der Waals surface area contributed by atoms with Crippen LogP contribution in [-0.4, -0.2) is 13.1 Å². The summed E-state index contributed by atoms with van der Waals surface area (Å²) in [5.74, 6) is -0.386. The van der Waals surface area contributed by atoms with Crippen LogP contribution in [0.1, 0.15) is 10.4 Å². The lowest BCUT2D eigenvalue weighted by molar-refractivity contribution is 0.0603. The Bertz CT molecular complexity index is 758. The van der Waals surface area contributed by atoms with E-state index < -0.39 is 0 Å². The molecule has 0 N–H and O–H groups in total. The van der Waals surface area contributed by atoms with Crippen LogP contribution in [0.25, 0.3) is 21.9 Å². The fourth-order valence-electron chi connectivity index (χ4n) is 2.08. The summed E-state index contributed by atoms with van der Waals surface area (Å²) in [7, 11) is 1.36. The summed E-state index contributed by atoms with van der Waals surface area (Å²) >= 11 is 5.98. The van der Waals surface area contributed by atoms with Crippen LogP contribution in [0, 0.1) is 0 Å². The first-order valence-electron chi connectivity index (χ1n) is 5.40. The van der Waals surface area contributed by atoms with E-state index in [4.69, 9.17) is 20.8 Å². The van der Waals surface area contributed by atoms with Gasteiger partial charge in [0.2, 0.25) is 0 Å². The molecular weight excluding hydrogens is 252 g/mol. The van der Waals surface area contributed by atoms with Crippen molar-refractivity contribution in [3.8, 4) is 0 Å². The average molecular weight is 261 g/mol. The molecule has 4 heteroatoms. The van der Waals surface area contributed by atoms with Gasteiger partial charge in [-0.05, 0) is 30.3 Å². The zero-order valence-corrected chi connectivity index (χ0v) is 10.3. The van der Waals surface area contributed by atoms with Gasteiger partial charge < -0.3 is 9.15 Å². The highest BCUT2D eigenvalue weighted by atomic mass is 35.5. The molecule has 0 bridgehead atoms. The topological polar surface area (TPSA) is 39.4 Å². The molecule has 3 nitrogen and oxygen atoms in total. The highest BCUT2D eigenvalue weighted by molar-refractivity contribution is 6.32. The molecule has 0 aliphatic carbocycles. The summed E-state index contributed by atoms with van der Waals surface area (Å²) in [6.07, 6.45) is 0. The lowest BCUT2D eigenvalue weighted by Crippen LogP contribution is -2.01. The number of fused-ring (bicyclic) bond motifs is 3. The maximum absolute atomic E-state index is 11.8. The first kappa shape index (κ1) is 11.1. The van der Waals surface area contributed by atoms with E-state index in [2.05, 4.69) is 0 Å². The minimum absolute atomic E-state index is 0.386. The number of rotatable bonds is 1. The third kappa shape index (κ3) is 1.56. The van der Waals surface area contributed by atoms with Crippen molar-refractivity contribution >= 4 is 39.5 Å². The molecule has 0 fully saturated rings. The normalized spacial score (nSPS) is 11.0. The number of ether oxygens (including phenoxy) is 1. The van der Waals surface area contributed by atoms with Crippen LogP contribution in [0.4, 0.5) is 0 Å². The zero-order valence-electron chi connectivity index (χ0n) is 9.57. The van der Waals surface area contributed by atoms with Gasteiger partial charge in [-0.25, -0.2) is 4.79 Å². The lowest BCUT2D eigenvalue weighted by atomic mass is 10.1. The Labute approximate surface area is 108 Å². The number of hydrogen-bond donors (Lipinski definition) is 0. The highest BCUT2D eigenvalue weighted by Gasteiger charge is 2.16. The van der Waals surface area contributed by atoms with Crippen LogP contribution in [0.2, 0.25) is 5.02 Å². The Morgan fingerprint density at radius 2 is 2.06 bits per heavy atom. The van der Waals surface area contributed by atoms with Crippen molar-refractivity contribution in [1.29, 1.82) is 0 Å². The maximum Gasteiger partial charge on any atom is 0.338 e. The summed E-state index contributed by atoms with van der Waals surface area (Å²) < 4.78 is 10.5. The van der Waals surface area contributed by atoms with Crippen molar-refractivity contribution in [2.45, 2.75) is 0 Å². The second kappa shape index (κ2) is 4.03. The van der Waals surface area contributed by atoms with Crippen LogP contribution >= 0.6 is 11.6 Å². The first-order valence-corrected chi connectivity index (χ1v) is 5.77. The van der Waals surface area contributed by atoms with Crippen molar-refractivity contribution in [2.24, 2.45) is 0 Å². The number of methoxy groups -OCH3 is 1. The molecule has 0 aliphatic rings. The molecule has 2 aromatic carbocycles. The number of benzene rings is 2. The number of furan rings is 1. The second-order valence-corrected chi connectivity index (χ2v) is 4.35. The van der Waals surface area contributed by atoms with Gasteiger partial charge >= 0.3 is 5.97 Å². The Morgan fingerprint density at radius 3 is 2.83 bits per heavy atom. The molecule has 0 spiro atoms. The van der Waals surface area contributed by atoms with Crippen molar-refractivity contribution in [3.63, 3.8) is 0 Å². The molecule has 3 aromatic rings. The van der Waals surface area contributed by atoms with Gasteiger partial charge in [0.25, 0.3) is 0 Å². The van der Waals surface area contributed by atoms with Crippen LogP contribution in [0.5, 0.6) is 0 Å². The Balaban J connectivity index is 2.47. The zero-order chi connectivity index (χ0) is 12.7. The molecule has 0 saturated heterocycles. The number of esters is 1. The van der Waals surface area contributed by atoms with Crippen LogP contribution in [0.15, 0.2) is 40.8 Å². The van der Waals surface area contributed by atoms with E-state index in [1.165, 1.54) is 7.11 Å². The van der Waals surface area contributed by atoms with Gasteiger partial charge in [-0.3, -0.25) is 0 Å². The Kier molecular flexibility index (Phi) is 2.49. The molecule has 1 aromatic heterocycles. The van der Waals surface area contributed by atoms with Gasteiger partial charge in [0, 0.05) is 15.8 Å². The van der Waals surface area contributed by atoms with Crippen LogP contribution in [0.3, 0.4) is 0 Å². The quantitative estimate of drug-likeness (QED) is 0.620. The predicted octanol–water partition coefficient (Wildman–Crippen LogP) is 4.03. The third-order valence-electron chi connectivity index (χ3n) is 2.86. The van der Waals surface area contributed by atoms with E-state index in [0.717, 1.165) is 10.8 Å². The monoisotopic (exact) mass is 260 g/mol. The molecule has 0 atom stereocenters. The van der Waals surface area contributed by atoms with E-state index in [-0.39, 0.29) is 5.97 Å². The van der Waals surface area contributed by atoms with Gasteiger partial charge in [0.05, 0.1) is 12.7 Å². The van der Waals surface area contributed by atoms with E-state index in [1.54, 1.807) is 30.3 Å². The molecule has 0 saturated carbocycles. The van der Waals surface area contributed by atoms with E-state index in [1.807, 2.05) is 6.07 Å². The molecule has 3 rings (SSSR count).